The van der Waals surface area contributed by atoms with E-state index in [0.717, 1.165) is 12.1 Å². The fourth-order valence-corrected chi connectivity index (χ4v) is 1.77. The van der Waals surface area contributed by atoms with Gasteiger partial charge in [-0.15, -0.1) is 0 Å². The molecule has 0 aliphatic heterocycles. The average Bonchev–Trinajstić information content (AvgIpc) is 2.38. The summed E-state index contributed by atoms with van der Waals surface area (Å²) in [6.45, 7) is 9.74. The summed E-state index contributed by atoms with van der Waals surface area (Å²) in [5.41, 5.74) is 2.30. The Morgan fingerprint density at radius 1 is 1.35 bits per heavy atom. The van der Waals surface area contributed by atoms with Gasteiger partial charge in [0.15, 0.2) is 0 Å². The molecule has 0 aliphatic carbocycles. The lowest BCUT2D eigenvalue weighted by molar-refractivity contribution is 0.0370. The molecular weight excluding hydrogens is 210 g/mol. The van der Waals surface area contributed by atoms with Crippen LogP contribution < -0.4 is 5.32 Å². The van der Waals surface area contributed by atoms with E-state index in [1.165, 1.54) is 18.4 Å². The molecule has 0 saturated heterocycles. The molecule has 0 radical (unpaired) electrons. The van der Waals surface area contributed by atoms with Crippen LogP contribution in [-0.4, -0.2) is 13.2 Å². The molecule has 1 unspecified atom stereocenters. The normalized spacial score (nSPS) is 12.4. The lowest BCUT2D eigenvalue weighted by atomic mass is 10.1. The van der Waals surface area contributed by atoms with E-state index in [-0.39, 0.29) is 6.23 Å². The second kappa shape index (κ2) is 8.04. The summed E-state index contributed by atoms with van der Waals surface area (Å²) in [5, 5.41) is 3.44. The first-order valence-electron chi connectivity index (χ1n) is 6.39. The summed E-state index contributed by atoms with van der Waals surface area (Å²) in [7, 11) is 0. The van der Waals surface area contributed by atoms with Crippen molar-refractivity contribution in [3.8, 4) is 0 Å². The van der Waals surface area contributed by atoms with Gasteiger partial charge >= 0.3 is 0 Å². The number of benzene rings is 1. The molecule has 1 N–H and O–H groups in total. The molecule has 1 aromatic rings. The number of hydrogen-bond acceptors (Lipinski definition) is 2. The highest BCUT2D eigenvalue weighted by Crippen LogP contribution is 2.20. The number of hydrogen-bond donors (Lipinski definition) is 1. The molecular formula is C15H23NO. The highest BCUT2D eigenvalue weighted by atomic mass is 16.5. The maximum absolute atomic E-state index is 5.76. The summed E-state index contributed by atoms with van der Waals surface area (Å²) in [5.74, 6) is 0. The van der Waals surface area contributed by atoms with Crippen LogP contribution in [0.25, 0.3) is 6.08 Å². The van der Waals surface area contributed by atoms with Gasteiger partial charge in [-0.25, -0.2) is 0 Å². The van der Waals surface area contributed by atoms with Crippen molar-refractivity contribution in [2.24, 2.45) is 0 Å². The van der Waals surface area contributed by atoms with Gasteiger partial charge in [0.2, 0.25) is 0 Å². The molecule has 0 saturated carbocycles. The monoisotopic (exact) mass is 233 g/mol. The molecule has 17 heavy (non-hydrogen) atoms. The van der Waals surface area contributed by atoms with Crippen LogP contribution in [0.3, 0.4) is 0 Å². The van der Waals surface area contributed by atoms with Gasteiger partial charge in [0.25, 0.3) is 0 Å². The van der Waals surface area contributed by atoms with Crippen LogP contribution in [0, 0.1) is 0 Å². The maximum atomic E-state index is 5.76. The van der Waals surface area contributed by atoms with Crippen molar-refractivity contribution in [2.45, 2.75) is 32.9 Å². The van der Waals surface area contributed by atoms with E-state index in [4.69, 9.17) is 4.74 Å². The predicted molar refractivity (Wildman–Crippen MR) is 73.8 cm³/mol. The fourth-order valence-electron chi connectivity index (χ4n) is 1.77. The molecule has 1 aromatic carbocycles. The van der Waals surface area contributed by atoms with Crippen molar-refractivity contribution in [2.75, 3.05) is 13.2 Å². The van der Waals surface area contributed by atoms with Gasteiger partial charge in [0.05, 0.1) is 0 Å². The maximum Gasteiger partial charge on any atom is 0.134 e. The van der Waals surface area contributed by atoms with Gasteiger partial charge in [0.1, 0.15) is 6.23 Å². The van der Waals surface area contributed by atoms with Crippen LogP contribution in [0.2, 0.25) is 0 Å². The first-order chi connectivity index (χ1) is 8.33. The van der Waals surface area contributed by atoms with Crippen LogP contribution in [0.1, 0.15) is 44.0 Å². The topological polar surface area (TPSA) is 21.3 Å². The lowest BCUT2D eigenvalue weighted by Gasteiger charge is -2.20. The first-order valence-corrected chi connectivity index (χ1v) is 6.39. The Morgan fingerprint density at radius 3 is 2.76 bits per heavy atom. The molecule has 0 fully saturated rings. The summed E-state index contributed by atoms with van der Waals surface area (Å²) in [6.07, 6.45) is 4.21. The minimum atomic E-state index is -0.0271. The average molecular weight is 233 g/mol. The summed E-state index contributed by atoms with van der Waals surface area (Å²) in [6, 6.07) is 8.22. The minimum Gasteiger partial charge on any atom is -0.359 e. The van der Waals surface area contributed by atoms with E-state index in [9.17, 15) is 0 Å². The van der Waals surface area contributed by atoms with E-state index in [0.29, 0.717) is 6.61 Å². The molecule has 94 valence electrons. The highest BCUT2D eigenvalue weighted by Gasteiger charge is 2.12. The Labute approximate surface area is 105 Å². The Bertz CT molecular complexity index is 335. The quantitative estimate of drug-likeness (QED) is 0.545. The molecule has 0 bridgehead atoms. The third-order valence-electron chi connectivity index (χ3n) is 2.69. The second-order valence-electron chi connectivity index (χ2n) is 3.98. The Hall–Kier alpha value is -1.12. The van der Waals surface area contributed by atoms with Crippen LogP contribution in [0.4, 0.5) is 0 Å². The number of ether oxygens (including phenoxy) is 1. The smallest absolute Gasteiger partial charge is 0.134 e. The van der Waals surface area contributed by atoms with Crippen molar-refractivity contribution in [3.05, 3.63) is 42.0 Å². The third-order valence-corrected chi connectivity index (χ3v) is 2.69. The Kier molecular flexibility index (Phi) is 6.60. The molecule has 2 heteroatoms. The van der Waals surface area contributed by atoms with Gasteiger partial charge in [-0.1, -0.05) is 50.3 Å². The zero-order valence-electron chi connectivity index (χ0n) is 10.9. The molecule has 2 nitrogen and oxygen atoms in total. The van der Waals surface area contributed by atoms with Crippen LogP contribution >= 0.6 is 0 Å². The predicted octanol–water partition coefficient (Wildman–Crippen LogP) is 3.75. The van der Waals surface area contributed by atoms with E-state index in [2.05, 4.69) is 31.0 Å². The van der Waals surface area contributed by atoms with Gasteiger partial charge < -0.3 is 4.74 Å². The second-order valence-corrected chi connectivity index (χ2v) is 3.98. The van der Waals surface area contributed by atoms with Gasteiger partial charge in [-0.2, -0.15) is 0 Å². The molecule has 1 atom stereocenters. The van der Waals surface area contributed by atoms with Crippen LogP contribution in [-0.2, 0) is 4.74 Å². The lowest BCUT2D eigenvalue weighted by Crippen LogP contribution is -2.25. The van der Waals surface area contributed by atoms with Crippen molar-refractivity contribution in [3.63, 3.8) is 0 Å². The van der Waals surface area contributed by atoms with Gasteiger partial charge in [0, 0.05) is 12.2 Å². The molecule has 0 amide bonds. The summed E-state index contributed by atoms with van der Waals surface area (Å²) in [4.78, 5) is 0. The van der Waals surface area contributed by atoms with Crippen molar-refractivity contribution < 1.29 is 4.74 Å². The standard InChI is InChI=1S/C15H23NO/c1-4-7-12-16-15(17-6-3)14-11-9-8-10-13(14)5-2/h5,8-11,15-16H,2,4,6-7,12H2,1,3H3. The summed E-state index contributed by atoms with van der Waals surface area (Å²) >= 11 is 0. The van der Waals surface area contributed by atoms with E-state index in [1.807, 2.05) is 25.1 Å². The van der Waals surface area contributed by atoms with Crippen LogP contribution in [0.5, 0.6) is 0 Å². The minimum absolute atomic E-state index is 0.0271. The van der Waals surface area contributed by atoms with Crippen molar-refractivity contribution in [1.82, 2.24) is 5.32 Å². The molecule has 0 aliphatic rings. The molecule has 1 rings (SSSR count). The first kappa shape index (κ1) is 13.9. The van der Waals surface area contributed by atoms with E-state index < -0.39 is 0 Å². The zero-order chi connectivity index (χ0) is 12.5. The highest BCUT2D eigenvalue weighted by molar-refractivity contribution is 5.52. The zero-order valence-corrected chi connectivity index (χ0v) is 10.9. The van der Waals surface area contributed by atoms with E-state index in [1.54, 1.807) is 0 Å². The Balaban J connectivity index is 2.76. The Morgan fingerprint density at radius 2 is 2.12 bits per heavy atom. The largest absolute Gasteiger partial charge is 0.359 e. The molecule has 0 aromatic heterocycles. The number of unbranched alkanes of at least 4 members (excludes halogenated alkanes) is 1. The van der Waals surface area contributed by atoms with Crippen molar-refractivity contribution in [1.29, 1.82) is 0 Å². The molecule has 0 heterocycles. The number of nitrogens with one attached hydrogen (secondary N) is 1. The van der Waals surface area contributed by atoms with Crippen molar-refractivity contribution >= 4 is 6.08 Å². The number of rotatable bonds is 8. The fraction of sp³-hybridized carbons (Fsp3) is 0.467. The van der Waals surface area contributed by atoms with Gasteiger partial charge in [-0.05, 0) is 25.5 Å². The molecule has 0 spiro atoms. The van der Waals surface area contributed by atoms with E-state index >= 15 is 0 Å². The van der Waals surface area contributed by atoms with Gasteiger partial charge in [-0.3, -0.25) is 5.32 Å². The van der Waals surface area contributed by atoms with Crippen LogP contribution in [0.15, 0.2) is 30.8 Å². The SMILES string of the molecule is C=Cc1ccccc1C(NCCCC)OCC. The summed E-state index contributed by atoms with van der Waals surface area (Å²) < 4.78 is 5.76. The third kappa shape index (κ3) is 4.33.